The number of aliphatic hydroxyl groups is 1. The molecule has 1 aromatic rings. The van der Waals surface area contributed by atoms with Crippen LogP contribution in [0.25, 0.3) is 0 Å². The number of hydrogen-bond acceptors (Lipinski definition) is 2. The van der Waals surface area contributed by atoms with Crippen LogP contribution in [0.1, 0.15) is 49.7 Å². The lowest BCUT2D eigenvalue weighted by Crippen LogP contribution is -2.48. The zero-order valence-electron chi connectivity index (χ0n) is 12.0. The van der Waals surface area contributed by atoms with Crippen molar-refractivity contribution in [3.63, 3.8) is 0 Å². The van der Waals surface area contributed by atoms with E-state index in [9.17, 15) is 9.90 Å². The van der Waals surface area contributed by atoms with E-state index in [0.717, 1.165) is 25.7 Å². The summed E-state index contributed by atoms with van der Waals surface area (Å²) in [4.78, 5) is 12.3. The van der Waals surface area contributed by atoms with Crippen LogP contribution in [0.5, 0.6) is 0 Å². The quantitative estimate of drug-likeness (QED) is 0.786. The number of carbonyl (C=O) groups excluding carboxylic acids is 1. The molecule has 20 heavy (non-hydrogen) atoms. The van der Waals surface area contributed by atoms with Gasteiger partial charge in [-0.15, -0.1) is 0 Å². The molecule has 0 bridgehead atoms. The second-order valence-corrected chi connectivity index (χ2v) is 7.18. The van der Waals surface area contributed by atoms with Gasteiger partial charge in [0.1, 0.15) is 5.78 Å². The molecule has 3 aliphatic carbocycles. The van der Waals surface area contributed by atoms with E-state index >= 15 is 0 Å². The third-order valence-corrected chi connectivity index (χ3v) is 6.32. The zero-order chi connectivity index (χ0) is 13.9. The molecule has 1 unspecified atom stereocenters. The number of aryl methyl sites for hydroxylation is 1. The van der Waals surface area contributed by atoms with Crippen molar-refractivity contribution in [2.75, 3.05) is 0 Å². The summed E-state index contributed by atoms with van der Waals surface area (Å²) in [6.45, 7) is 2.10. The first-order valence-electron chi connectivity index (χ1n) is 7.90. The van der Waals surface area contributed by atoms with Gasteiger partial charge >= 0.3 is 0 Å². The van der Waals surface area contributed by atoms with Gasteiger partial charge < -0.3 is 5.11 Å². The summed E-state index contributed by atoms with van der Waals surface area (Å²) >= 11 is 0. The molecule has 4 rings (SSSR count). The highest BCUT2D eigenvalue weighted by atomic mass is 16.3. The minimum atomic E-state index is -0.357. The van der Waals surface area contributed by atoms with Crippen molar-refractivity contribution in [1.29, 1.82) is 0 Å². The van der Waals surface area contributed by atoms with Crippen LogP contribution in [0.4, 0.5) is 0 Å². The van der Waals surface area contributed by atoms with Gasteiger partial charge in [-0.25, -0.2) is 0 Å². The highest BCUT2D eigenvalue weighted by molar-refractivity contribution is 5.87. The van der Waals surface area contributed by atoms with Crippen molar-refractivity contribution in [2.45, 2.75) is 51.0 Å². The molecule has 0 heterocycles. The molecule has 1 aromatic carbocycles. The number of carbonyl (C=O) groups is 1. The summed E-state index contributed by atoms with van der Waals surface area (Å²) < 4.78 is 0. The Morgan fingerprint density at radius 2 is 2.00 bits per heavy atom. The largest absolute Gasteiger partial charge is 0.392 e. The maximum atomic E-state index is 12.3. The molecule has 0 spiro atoms. The van der Waals surface area contributed by atoms with Crippen molar-refractivity contribution >= 4 is 5.78 Å². The topological polar surface area (TPSA) is 37.3 Å². The number of rotatable bonds is 0. The normalized spacial score (nSPS) is 42.8. The molecular weight excluding hydrogens is 248 g/mol. The minimum Gasteiger partial charge on any atom is -0.392 e. The molecule has 106 valence electrons. The lowest BCUT2D eigenvalue weighted by Gasteiger charge is -2.50. The van der Waals surface area contributed by atoms with E-state index in [2.05, 4.69) is 31.2 Å². The van der Waals surface area contributed by atoms with E-state index in [4.69, 9.17) is 0 Å². The smallest absolute Gasteiger partial charge is 0.139 e. The molecule has 2 nitrogen and oxygen atoms in total. The molecule has 2 heteroatoms. The maximum absolute atomic E-state index is 12.3. The zero-order valence-corrected chi connectivity index (χ0v) is 12.0. The fraction of sp³-hybridized carbons (Fsp3) is 0.611. The van der Waals surface area contributed by atoms with Gasteiger partial charge in [-0.2, -0.15) is 0 Å². The highest BCUT2D eigenvalue weighted by Gasteiger charge is 2.57. The van der Waals surface area contributed by atoms with E-state index in [1.807, 2.05) is 0 Å². The fourth-order valence-electron chi connectivity index (χ4n) is 5.37. The Balaban J connectivity index is 1.79. The van der Waals surface area contributed by atoms with E-state index in [0.29, 0.717) is 24.0 Å². The second-order valence-electron chi connectivity index (χ2n) is 7.18. The van der Waals surface area contributed by atoms with E-state index in [1.54, 1.807) is 0 Å². The van der Waals surface area contributed by atoms with Crippen molar-refractivity contribution in [2.24, 2.45) is 17.3 Å². The molecule has 0 amide bonds. The van der Waals surface area contributed by atoms with Gasteiger partial charge in [0.25, 0.3) is 0 Å². The lowest BCUT2D eigenvalue weighted by molar-refractivity contribution is -0.133. The Kier molecular flexibility index (Phi) is 2.62. The van der Waals surface area contributed by atoms with Gasteiger partial charge in [0.05, 0.1) is 6.10 Å². The third kappa shape index (κ3) is 1.52. The molecular formula is C18H22O2. The highest BCUT2D eigenvalue weighted by Crippen LogP contribution is 2.59. The van der Waals surface area contributed by atoms with Crippen molar-refractivity contribution in [1.82, 2.24) is 0 Å². The van der Waals surface area contributed by atoms with Crippen LogP contribution in [-0.4, -0.2) is 17.0 Å². The molecule has 0 aliphatic heterocycles. The first-order valence-corrected chi connectivity index (χ1v) is 7.90. The Hall–Kier alpha value is -1.15. The average molecular weight is 270 g/mol. The van der Waals surface area contributed by atoms with Crippen LogP contribution in [-0.2, 0) is 11.2 Å². The van der Waals surface area contributed by atoms with E-state index < -0.39 is 0 Å². The van der Waals surface area contributed by atoms with Crippen LogP contribution in [0, 0.1) is 17.3 Å². The molecule has 0 radical (unpaired) electrons. The molecule has 1 N–H and O–H groups in total. The number of ketones is 1. The summed E-state index contributed by atoms with van der Waals surface area (Å²) in [5, 5.41) is 10.7. The lowest BCUT2D eigenvalue weighted by atomic mass is 9.54. The molecule has 3 aliphatic rings. The Morgan fingerprint density at radius 3 is 2.85 bits per heavy atom. The van der Waals surface area contributed by atoms with Crippen molar-refractivity contribution in [3.8, 4) is 0 Å². The van der Waals surface area contributed by atoms with Crippen molar-refractivity contribution < 1.29 is 9.90 Å². The summed E-state index contributed by atoms with van der Waals surface area (Å²) in [6.07, 6.45) is 4.29. The molecule has 2 fully saturated rings. The van der Waals surface area contributed by atoms with Crippen LogP contribution in [0.3, 0.4) is 0 Å². The SMILES string of the molecule is C[C@]12CC(O)[C@@H]3c4ccccc4CC[C@H]3[C@@H]1CCC2=O. The maximum Gasteiger partial charge on any atom is 0.139 e. The first-order chi connectivity index (χ1) is 9.61. The summed E-state index contributed by atoms with van der Waals surface area (Å²) in [5.41, 5.74) is 2.49. The number of fused-ring (bicyclic) bond motifs is 5. The Bertz CT molecular complexity index is 564. The first kappa shape index (κ1) is 12.6. The van der Waals surface area contributed by atoms with Gasteiger partial charge in [-0.3, -0.25) is 4.79 Å². The number of Topliss-reactive ketones (excluding diaryl/α,β-unsaturated/α-hetero) is 1. The summed E-state index contributed by atoms with van der Waals surface area (Å²) in [6, 6.07) is 8.57. The number of benzene rings is 1. The number of hydrogen-bond donors (Lipinski definition) is 1. The summed E-state index contributed by atoms with van der Waals surface area (Å²) in [7, 11) is 0. The fourth-order valence-corrected chi connectivity index (χ4v) is 5.37. The van der Waals surface area contributed by atoms with Crippen LogP contribution < -0.4 is 0 Å². The van der Waals surface area contributed by atoms with Crippen LogP contribution in [0.15, 0.2) is 24.3 Å². The monoisotopic (exact) mass is 270 g/mol. The molecule has 0 aromatic heterocycles. The van der Waals surface area contributed by atoms with Gasteiger partial charge in [0.2, 0.25) is 0 Å². The Morgan fingerprint density at radius 1 is 1.20 bits per heavy atom. The van der Waals surface area contributed by atoms with E-state index in [1.165, 1.54) is 11.1 Å². The predicted molar refractivity (Wildman–Crippen MR) is 77.5 cm³/mol. The van der Waals surface area contributed by atoms with Gasteiger partial charge in [0, 0.05) is 17.8 Å². The van der Waals surface area contributed by atoms with Gasteiger partial charge in [-0.1, -0.05) is 31.2 Å². The average Bonchev–Trinajstić information content (AvgIpc) is 2.74. The van der Waals surface area contributed by atoms with Gasteiger partial charge in [-0.05, 0) is 48.6 Å². The standard InChI is InChI=1S/C18H22O2/c1-18-10-15(19)17-12-5-3-2-4-11(12)6-7-13(17)14(18)8-9-16(18)20/h2-5,13-15,17,19H,6-10H2,1H3/t13-,14-,15?,17+,18-/m0/s1. The van der Waals surface area contributed by atoms with Crippen LogP contribution in [0.2, 0.25) is 0 Å². The second kappa shape index (κ2) is 4.17. The van der Waals surface area contributed by atoms with Crippen molar-refractivity contribution in [3.05, 3.63) is 35.4 Å². The van der Waals surface area contributed by atoms with Gasteiger partial charge in [0.15, 0.2) is 0 Å². The molecule has 0 saturated heterocycles. The minimum absolute atomic E-state index is 0.254. The third-order valence-electron chi connectivity index (χ3n) is 6.32. The predicted octanol–water partition coefficient (Wildman–Crippen LogP) is 3.08. The van der Waals surface area contributed by atoms with Crippen LogP contribution >= 0.6 is 0 Å². The molecule has 2 saturated carbocycles. The molecule has 5 atom stereocenters. The Labute approximate surface area is 120 Å². The summed E-state index contributed by atoms with van der Waals surface area (Å²) in [5.74, 6) is 1.62. The number of aliphatic hydroxyl groups excluding tert-OH is 1. The van der Waals surface area contributed by atoms with E-state index in [-0.39, 0.29) is 17.4 Å².